The Hall–Kier alpha value is -3.16. The Morgan fingerprint density at radius 2 is 2.04 bits per heavy atom. The van der Waals surface area contributed by atoms with E-state index in [0.717, 1.165) is 24.1 Å². The molecule has 1 aliphatic rings. The molecule has 0 bridgehead atoms. The van der Waals surface area contributed by atoms with Gasteiger partial charge in [-0.3, -0.25) is 10.00 Å². The maximum Gasteiger partial charge on any atom is 0.323 e. The Balaban J connectivity index is 1.52. The molecule has 0 saturated heterocycles. The lowest BCUT2D eigenvalue weighted by atomic mass is 10.2. The maximum absolute atomic E-state index is 12.7. The van der Waals surface area contributed by atoms with Gasteiger partial charge in [-0.2, -0.15) is 9.78 Å². The van der Waals surface area contributed by atoms with E-state index < -0.39 is 0 Å². The summed E-state index contributed by atoms with van der Waals surface area (Å²) in [5.41, 5.74) is 3.15. The number of fused-ring (bicyclic) bond motifs is 1. The zero-order chi connectivity index (χ0) is 17.2. The highest BCUT2D eigenvalue weighted by Gasteiger charge is 2.22. The Morgan fingerprint density at radius 3 is 2.88 bits per heavy atom. The summed E-state index contributed by atoms with van der Waals surface area (Å²) in [4.78, 5) is 14.5. The van der Waals surface area contributed by atoms with E-state index in [-0.39, 0.29) is 6.03 Å². The molecule has 1 aromatic carbocycles. The first-order valence-electron chi connectivity index (χ1n) is 8.24. The summed E-state index contributed by atoms with van der Waals surface area (Å²) in [7, 11) is 1.94. The highest BCUT2D eigenvalue weighted by atomic mass is 16.2. The average Bonchev–Trinajstić information content (AvgIpc) is 3.15. The van der Waals surface area contributed by atoms with Crippen molar-refractivity contribution < 1.29 is 4.79 Å². The molecule has 0 saturated carbocycles. The Labute approximate surface area is 145 Å². The molecule has 0 radical (unpaired) electrons. The molecule has 1 N–H and O–H groups in total. The molecular formula is C17H19N7O. The van der Waals surface area contributed by atoms with E-state index in [1.807, 2.05) is 48.3 Å². The molecular weight excluding hydrogens is 318 g/mol. The number of aromatic nitrogens is 5. The number of carbonyl (C=O) groups excluding carboxylic acids is 1. The lowest BCUT2D eigenvalue weighted by Crippen LogP contribution is -2.35. The van der Waals surface area contributed by atoms with Crippen molar-refractivity contribution in [2.45, 2.75) is 19.4 Å². The molecule has 128 valence electrons. The van der Waals surface area contributed by atoms with Crippen LogP contribution in [0.1, 0.15) is 17.7 Å². The molecule has 0 aliphatic carbocycles. The number of nitrogens with one attached hydrogen (secondary N) is 1. The predicted octanol–water partition coefficient (Wildman–Crippen LogP) is 1.98. The van der Waals surface area contributed by atoms with Gasteiger partial charge in [0, 0.05) is 24.8 Å². The van der Waals surface area contributed by atoms with Crippen LogP contribution >= 0.6 is 0 Å². The molecule has 0 atom stereocenters. The molecule has 8 heteroatoms. The molecule has 0 fully saturated rings. The van der Waals surface area contributed by atoms with Crippen LogP contribution in [-0.2, 0) is 20.0 Å². The minimum Gasteiger partial charge on any atom is -0.320 e. The first-order chi connectivity index (χ1) is 12.2. The first kappa shape index (κ1) is 15.4. The lowest BCUT2D eigenvalue weighted by molar-refractivity contribution is 0.210. The summed E-state index contributed by atoms with van der Waals surface area (Å²) >= 11 is 0. The number of hydrogen-bond donors (Lipinski definition) is 1. The van der Waals surface area contributed by atoms with E-state index in [4.69, 9.17) is 0 Å². The number of nitrogens with zero attached hydrogens (tertiary/aromatic N) is 6. The van der Waals surface area contributed by atoms with Crippen molar-refractivity contribution in [1.29, 1.82) is 0 Å². The van der Waals surface area contributed by atoms with Crippen LogP contribution in [0.15, 0.2) is 42.7 Å². The van der Waals surface area contributed by atoms with Gasteiger partial charge in [0.1, 0.15) is 0 Å². The number of para-hydroxylation sites is 1. The number of amides is 2. The van der Waals surface area contributed by atoms with Crippen LogP contribution in [0.3, 0.4) is 0 Å². The van der Waals surface area contributed by atoms with Crippen molar-refractivity contribution in [2.24, 2.45) is 7.05 Å². The topological polar surface area (TPSA) is 80.9 Å². The molecule has 0 spiro atoms. The zero-order valence-corrected chi connectivity index (χ0v) is 14.0. The van der Waals surface area contributed by atoms with Gasteiger partial charge in [0.2, 0.25) is 0 Å². The third kappa shape index (κ3) is 2.98. The number of urea groups is 1. The molecule has 1 aliphatic heterocycles. The smallest absolute Gasteiger partial charge is 0.320 e. The largest absolute Gasteiger partial charge is 0.323 e. The van der Waals surface area contributed by atoms with Crippen LogP contribution in [-0.4, -0.2) is 42.3 Å². The Kier molecular flexibility index (Phi) is 3.93. The fraction of sp³-hybridized carbons (Fsp3) is 0.294. The fourth-order valence-corrected chi connectivity index (χ4v) is 3.13. The van der Waals surface area contributed by atoms with Crippen LogP contribution in [0.2, 0.25) is 0 Å². The average molecular weight is 337 g/mol. The summed E-state index contributed by atoms with van der Waals surface area (Å²) in [6.45, 7) is 1.26. The fourth-order valence-electron chi connectivity index (χ4n) is 3.13. The summed E-state index contributed by atoms with van der Waals surface area (Å²) in [5.74, 6) is 0.548. The third-order valence-corrected chi connectivity index (χ3v) is 4.42. The normalized spacial score (nSPS) is 14.0. The molecule has 8 nitrogen and oxygen atoms in total. The maximum atomic E-state index is 12.7. The number of hydrogen-bond acceptors (Lipinski definition) is 4. The van der Waals surface area contributed by atoms with E-state index in [1.165, 1.54) is 5.69 Å². The molecule has 25 heavy (non-hydrogen) atoms. The van der Waals surface area contributed by atoms with Crippen LogP contribution < -0.4 is 5.32 Å². The summed E-state index contributed by atoms with van der Waals surface area (Å²) in [6.07, 6.45) is 5.24. The number of anilines is 1. The van der Waals surface area contributed by atoms with E-state index in [9.17, 15) is 4.79 Å². The lowest BCUT2D eigenvalue weighted by Gasteiger charge is -2.20. The van der Waals surface area contributed by atoms with Crippen molar-refractivity contribution in [3.8, 4) is 5.69 Å². The van der Waals surface area contributed by atoms with Crippen molar-refractivity contribution in [2.75, 3.05) is 11.9 Å². The van der Waals surface area contributed by atoms with Gasteiger partial charge in [-0.15, -0.1) is 5.10 Å². The van der Waals surface area contributed by atoms with Gasteiger partial charge in [-0.25, -0.2) is 4.79 Å². The predicted molar refractivity (Wildman–Crippen MR) is 92.3 cm³/mol. The van der Waals surface area contributed by atoms with Gasteiger partial charge in [0.15, 0.2) is 5.82 Å². The van der Waals surface area contributed by atoms with Gasteiger partial charge < -0.3 is 4.90 Å². The molecule has 3 heterocycles. The van der Waals surface area contributed by atoms with Crippen LogP contribution in [0, 0.1) is 0 Å². The highest BCUT2D eigenvalue weighted by molar-refractivity contribution is 5.88. The van der Waals surface area contributed by atoms with Crippen LogP contribution in [0.4, 0.5) is 10.6 Å². The number of rotatable bonds is 2. The second-order valence-electron chi connectivity index (χ2n) is 6.06. The van der Waals surface area contributed by atoms with E-state index in [0.29, 0.717) is 18.9 Å². The van der Waals surface area contributed by atoms with E-state index in [1.54, 1.807) is 15.8 Å². The number of benzene rings is 1. The quantitative estimate of drug-likeness (QED) is 0.775. The summed E-state index contributed by atoms with van der Waals surface area (Å²) in [5, 5.41) is 15.2. The van der Waals surface area contributed by atoms with Crippen molar-refractivity contribution in [1.82, 2.24) is 29.7 Å². The minimum absolute atomic E-state index is 0.156. The second-order valence-corrected chi connectivity index (χ2v) is 6.06. The standard InChI is InChI=1S/C17H19N7O/c1-22-15-8-5-9-23(12-13(15)10-19-22)17(25)20-16-11-18-21-24(16)14-6-3-2-4-7-14/h2-4,6-7,10-11H,5,8-9,12H2,1H3,(H,20,25). The molecule has 4 rings (SSSR count). The van der Waals surface area contributed by atoms with Gasteiger partial charge in [0.25, 0.3) is 0 Å². The van der Waals surface area contributed by atoms with Gasteiger partial charge >= 0.3 is 6.03 Å². The zero-order valence-electron chi connectivity index (χ0n) is 14.0. The Morgan fingerprint density at radius 1 is 1.20 bits per heavy atom. The van der Waals surface area contributed by atoms with Crippen LogP contribution in [0.25, 0.3) is 5.69 Å². The summed E-state index contributed by atoms with van der Waals surface area (Å²) < 4.78 is 3.51. The van der Waals surface area contributed by atoms with E-state index in [2.05, 4.69) is 20.7 Å². The molecule has 2 aromatic heterocycles. The van der Waals surface area contributed by atoms with Crippen molar-refractivity contribution in [3.63, 3.8) is 0 Å². The van der Waals surface area contributed by atoms with Gasteiger partial charge in [0.05, 0.1) is 24.6 Å². The second kappa shape index (κ2) is 6.39. The van der Waals surface area contributed by atoms with Gasteiger partial charge in [-0.05, 0) is 25.0 Å². The van der Waals surface area contributed by atoms with Gasteiger partial charge in [-0.1, -0.05) is 23.4 Å². The molecule has 0 unspecified atom stereocenters. The third-order valence-electron chi connectivity index (χ3n) is 4.42. The van der Waals surface area contributed by atoms with Crippen molar-refractivity contribution >= 4 is 11.8 Å². The first-order valence-corrected chi connectivity index (χ1v) is 8.24. The minimum atomic E-state index is -0.156. The van der Waals surface area contributed by atoms with E-state index >= 15 is 0 Å². The Bertz CT molecular complexity index is 884. The highest BCUT2D eigenvalue weighted by Crippen LogP contribution is 2.19. The van der Waals surface area contributed by atoms with Crippen molar-refractivity contribution in [3.05, 3.63) is 54.0 Å². The number of aryl methyl sites for hydroxylation is 1. The number of carbonyl (C=O) groups is 1. The monoisotopic (exact) mass is 337 g/mol. The SMILES string of the molecule is Cn1ncc2c1CCCN(C(=O)Nc1cnnn1-c1ccccc1)C2. The summed E-state index contributed by atoms with van der Waals surface area (Å²) in [6, 6.07) is 9.44. The molecule has 2 amide bonds. The van der Waals surface area contributed by atoms with Crippen LogP contribution in [0.5, 0.6) is 0 Å². The molecule has 3 aromatic rings.